The van der Waals surface area contributed by atoms with E-state index >= 15 is 0 Å². The zero-order valence-corrected chi connectivity index (χ0v) is 11.2. The quantitative estimate of drug-likeness (QED) is 0.931. The lowest BCUT2D eigenvalue weighted by molar-refractivity contribution is -0.141. The van der Waals surface area contributed by atoms with Crippen molar-refractivity contribution >= 4 is 11.9 Å². The van der Waals surface area contributed by atoms with Gasteiger partial charge in [0.15, 0.2) is 0 Å². The van der Waals surface area contributed by atoms with Crippen LogP contribution in [-0.2, 0) is 4.79 Å². The smallest absolute Gasteiger partial charge is 0.308 e. The number of hydrogen-bond acceptors (Lipinski definition) is 4. The maximum absolute atomic E-state index is 12.3. The number of nitrogens with zero attached hydrogens (tertiary/aromatic N) is 2. The summed E-state index contributed by atoms with van der Waals surface area (Å²) in [5.41, 5.74) is 1.46. The first-order chi connectivity index (χ1) is 10.1. The van der Waals surface area contributed by atoms with Gasteiger partial charge in [-0.05, 0) is 6.42 Å². The number of aliphatic carboxylic acids is 1. The summed E-state index contributed by atoms with van der Waals surface area (Å²) < 4.78 is 5.10. The van der Waals surface area contributed by atoms with Gasteiger partial charge < -0.3 is 14.5 Å². The minimum Gasteiger partial charge on any atom is -0.481 e. The Balaban J connectivity index is 1.75. The van der Waals surface area contributed by atoms with Gasteiger partial charge in [-0.2, -0.15) is 0 Å². The van der Waals surface area contributed by atoms with Gasteiger partial charge in [-0.3, -0.25) is 9.59 Å². The number of carbonyl (C=O) groups is 2. The number of carboxylic acid groups (broad SMARTS) is 1. The molecule has 1 saturated heterocycles. The third-order valence-electron chi connectivity index (χ3n) is 3.62. The molecule has 1 aromatic carbocycles. The molecule has 0 aliphatic carbocycles. The molecule has 108 valence electrons. The second kappa shape index (κ2) is 5.40. The average Bonchev–Trinajstić information content (AvgIpc) is 3.17. The molecule has 6 heteroatoms. The molecule has 2 heterocycles. The van der Waals surface area contributed by atoms with Gasteiger partial charge in [-0.15, -0.1) is 0 Å². The van der Waals surface area contributed by atoms with Crippen LogP contribution in [0.1, 0.15) is 17.0 Å². The van der Waals surface area contributed by atoms with Gasteiger partial charge >= 0.3 is 5.97 Å². The molecule has 0 spiro atoms. The Bertz CT molecular complexity index is 665. The van der Waals surface area contributed by atoms with Crippen LogP contribution in [0.3, 0.4) is 0 Å². The maximum atomic E-state index is 12.3. The van der Waals surface area contributed by atoms with Gasteiger partial charge in [-0.25, -0.2) is 0 Å². The lowest BCUT2D eigenvalue weighted by Gasteiger charge is -2.12. The van der Waals surface area contributed by atoms with Crippen molar-refractivity contribution in [1.82, 2.24) is 10.1 Å². The van der Waals surface area contributed by atoms with E-state index in [1.807, 2.05) is 30.3 Å². The van der Waals surface area contributed by atoms with Crippen molar-refractivity contribution < 1.29 is 19.2 Å². The van der Waals surface area contributed by atoms with Crippen LogP contribution in [0, 0.1) is 5.92 Å². The van der Waals surface area contributed by atoms with Gasteiger partial charge in [0.05, 0.1) is 5.92 Å². The number of amides is 1. The van der Waals surface area contributed by atoms with E-state index in [1.165, 1.54) is 4.90 Å². The maximum Gasteiger partial charge on any atom is 0.308 e. The summed E-state index contributed by atoms with van der Waals surface area (Å²) in [6.45, 7) is 0.646. The van der Waals surface area contributed by atoms with E-state index in [-0.39, 0.29) is 18.2 Å². The molecule has 1 fully saturated rings. The topological polar surface area (TPSA) is 83.6 Å². The molecule has 21 heavy (non-hydrogen) atoms. The summed E-state index contributed by atoms with van der Waals surface area (Å²) in [5, 5.41) is 12.9. The third kappa shape index (κ3) is 2.65. The van der Waals surface area contributed by atoms with E-state index < -0.39 is 11.9 Å². The summed E-state index contributed by atoms with van der Waals surface area (Å²) in [6, 6.07) is 11.0. The number of likely N-dealkylation sites (tertiary alicyclic amines) is 1. The number of hydrogen-bond donors (Lipinski definition) is 1. The van der Waals surface area contributed by atoms with Crippen LogP contribution in [0.25, 0.3) is 11.3 Å². The molecule has 1 aliphatic heterocycles. The highest BCUT2D eigenvalue weighted by Crippen LogP contribution is 2.22. The van der Waals surface area contributed by atoms with Crippen LogP contribution < -0.4 is 0 Å². The molecule has 1 aliphatic rings. The molecule has 6 nitrogen and oxygen atoms in total. The Morgan fingerprint density at radius 1 is 1.29 bits per heavy atom. The molecule has 1 amide bonds. The van der Waals surface area contributed by atoms with Crippen molar-refractivity contribution in [2.24, 2.45) is 5.92 Å². The highest BCUT2D eigenvalue weighted by atomic mass is 16.5. The Kier molecular flexibility index (Phi) is 3.43. The minimum absolute atomic E-state index is 0.139. The molecule has 1 unspecified atom stereocenters. The van der Waals surface area contributed by atoms with Crippen LogP contribution in [0.15, 0.2) is 40.9 Å². The van der Waals surface area contributed by atoms with Gasteiger partial charge in [0, 0.05) is 24.7 Å². The summed E-state index contributed by atoms with van der Waals surface area (Å²) in [5.74, 6) is -1.54. The summed E-state index contributed by atoms with van der Waals surface area (Å²) >= 11 is 0. The monoisotopic (exact) mass is 286 g/mol. The van der Waals surface area contributed by atoms with E-state index in [4.69, 9.17) is 9.63 Å². The lowest BCUT2D eigenvalue weighted by atomic mass is 10.1. The van der Waals surface area contributed by atoms with E-state index in [0.717, 1.165) is 5.56 Å². The van der Waals surface area contributed by atoms with E-state index in [2.05, 4.69) is 5.16 Å². The average molecular weight is 286 g/mol. The highest BCUT2D eigenvalue weighted by molar-refractivity contribution is 5.93. The van der Waals surface area contributed by atoms with Gasteiger partial charge in [0.25, 0.3) is 5.91 Å². The first-order valence-electron chi connectivity index (χ1n) is 6.69. The minimum atomic E-state index is -0.868. The fourth-order valence-corrected chi connectivity index (χ4v) is 2.42. The summed E-state index contributed by atoms with van der Waals surface area (Å²) in [7, 11) is 0. The number of carbonyl (C=O) groups excluding carboxylic acids is 1. The van der Waals surface area contributed by atoms with Crippen LogP contribution in [0.2, 0.25) is 0 Å². The molecule has 3 rings (SSSR count). The number of benzene rings is 1. The summed E-state index contributed by atoms with van der Waals surface area (Å²) in [6.07, 6.45) is 0.473. The van der Waals surface area contributed by atoms with Gasteiger partial charge in [-0.1, -0.05) is 35.5 Å². The molecule has 1 atom stereocenters. The standard InChI is InChI=1S/C15H14N2O4/c18-14(17-7-6-11(9-17)15(19)20)13-8-12(16-21-13)10-4-2-1-3-5-10/h1-5,8,11H,6-7,9H2,(H,19,20). The molecule has 2 aromatic rings. The molecule has 1 aromatic heterocycles. The number of carboxylic acids is 1. The van der Waals surface area contributed by atoms with Crippen LogP contribution >= 0.6 is 0 Å². The Morgan fingerprint density at radius 3 is 2.71 bits per heavy atom. The predicted octanol–water partition coefficient (Wildman–Crippen LogP) is 1.89. The van der Waals surface area contributed by atoms with Crippen LogP contribution in [0.4, 0.5) is 0 Å². The molecule has 0 saturated carbocycles. The van der Waals surface area contributed by atoms with Crippen molar-refractivity contribution in [3.05, 3.63) is 42.2 Å². The highest BCUT2D eigenvalue weighted by Gasteiger charge is 2.32. The summed E-state index contributed by atoms with van der Waals surface area (Å²) in [4.78, 5) is 24.7. The van der Waals surface area contributed by atoms with Gasteiger partial charge in [0.1, 0.15) is 5.69 Å². The van der Waals surface area contributed by atoms with E-state index in [1.54, 1.807) is 6.07 Å². The molecular formula is C15H14N2O4. The first kappa shape index (κ1) is 13.4. The second-order valence-corrected chi connectivity index (χ2v) is 5.02. The Hall–Kier alpha value is -2.63. The SMILES string of the molecule is O=C(O)C1CCN(C(=O)c2cc(-c3ccccc3)no2)C1. The third-order valence-corrected chi connectivity index (χ3v) is 3.62. The van der Waals surface area contributed by atoms with Crippen molar-refractivity contribution in [1.29, 1.82) is 0 Å². The largest absolute Gasteiger partial charge is 0.481 e. The van der Waals surface area contributed by atoms with E-state index in [0.29, 0.717) is 18.7 Å². The van der Waals surface area contributed by atoms with Crippen LogP contribution in [0.5, 0.6) is 0 Å². The van der Waals surface area contributed by atoms with Crippen molar-refractivity contribution in [3.63, 3.8) is 0 Å². The second-order valence-electron chi connectivity index (χ2n) is 5.02. The zero-order valence-electron chi connectivity index (χ0n) is 11.2. The lowest BCUT2D eigenvalue weighted by Crippen LogP contribution is -2.29. The van der Waals surface area contributed by atoms with Crippen molar-refractivity contribution in [3.8, 4) is 11.3 Å². The van der Waals surface area contributed by atoms with Crippen LogP contribution in [-0.4, -0.2) is 40.1 Å². The fraction of sp³-hybridized carbons (Fsp3) is 0.267. The molecule has 0 bridgehead atoms. The van der Waals surface area contributed by atoms with Crippen molar-refractivity contribution in [2.45, 2.75) is 6.42 Å². The Labute approximate surface area is 121 Å². The number of aromatic nitrogens is 1. The normalized spacial score (nSPS) is 17.9. The van der Waals surface area contributed by atoms with E-state index in [9.17, 15) is 9.59 Å². The Morgan fingerprint density at radius 2 is 2.05 bits per heavy atom. The molecule has 0 radical (unpaired) electrons. The first-order valence-corrected chi connectivity index (χ1v) is 6.69. The van der Waals surface area contributed by atoms with Crippen molar-refractivity contribution in [2.75, 3.05) is 13.1 Å². The predicted molar refractivity (Wildman–Crippen MR) is 73.6 cm³/mol. The molecular weight excluding hydrogens is 272 g/mol. The van der Waals surface area contributed by atoms with Gasteiger partial charge in [0.2, 0.25) is 5.76 Å². The fourth-order valence-electron chi connectivity index (χ4n) is 2.42. The number of rotatable bonds is 3. The zero-order chi connectivity index (χ0) is 14.8. The molecule has 1 N–H and O–H groups in total.